The molecule has 2 heterocycles. The van der Waals surface area contributed by atoms with Crippen LogP contribution in [0.25, 0.3) is 11.3 Å². The number of carbonyl (C=O) groups is 1. The second-order valence-corrected chi connectivity index (χ2v) is 8.17. The van der Waals surface area contributed by atoms with Crippen LogP contribution in [0.4, 0.5) is 11.4 Å². The minimum absolute atomic E-state index is 0.245. The van der Waals surface area contributed by atoms with Crippen molar-refractivity contribution < 1.29 is 9.21 Å². The van der Waals surface area contributed by atoms with Gasteiger partial charge in [-0.15, -0.1) is 0 Å². The number of anilines is 2. The van der Waals surface area contributed by atoms with E-state index in [1.165, 1.54) is 11.3 Å². The summed E-state index contributed by atoms with van der Waals surface area (Å²) in [6.07, 6.45) is 1.15. The van der Waals surface area contributed by atoms with Crippen LogP contribution >= 0.6 is 0 Å². The van der Waals surface area contributed by atoms with Gasteiger partial charge in [0.2, 0.25) is 0 Å². The van der Waals surface area contributed by atoms with Gasteiger partial charge in [-0.3, -0.25) is 4.79 Å². The topological polar surface area (TPSA) is 57.5 Å². The molecule has 0 spiro atoms. The van der Waals surface area contributed by atoms with E-state index in [2.05, 4.69) is 53.6 Å². The van der Waals surface area contributed by atoms with E-state index in [1.54, 1.807) is 6.07 Å². The molecule has 1 aliphatic rings. The molecule has 5 nitrogen and oxygen atoms in total. The number of nitrogens with zero attached hydrogens (tertiary/aromatic N) is 1. The molecule has 0 saturated carbocycles. The van der Waals surface area contributed by atoms with Gasteiger partial charge in [-0.1, -0.05) is 32.0 Å². The summed E-state index contributed by atoms with van der Waals surface area (Å²) in [5, 5.41) is 6.26. The standard InChI is InChI=1S/C25H29N3O2/c1-17(2)18-5-4-6-19(15-18)23-11-12-24(30-23)25(29)27-20-7-9-22(10-8-20)28-14-13-21(16-28)26-3/h4-12,15,17,21,26H,13-14,16H2,1-3H3,(H,27,29). The molecule has 0 bridgehead atoms. The summed E-state index contributed by atoms with van der Waals surface area (Å²) >= 11 is 0. The molecule has 1 aromatic heterocycles. The maximum atomic E-state index is 12.6. The first kappa shape index (κ1) is 20.2. The minimum atomic E-state index is -0.245. The van der Waals surface area contributed by atoms with Crippen molar-refractivity contribution in [2.75, 3.05) is 30.4 Å². The van der Waals surface area contributed by atoms with Gasteiger partial charge in [0.15, 0.2) is 5.76 Å². The summed E-state index contributed by atoms with van der Waals surface area (Å²) in [5.74, 6) is 1.20. The Morgan fingerprint density at radius 1 is 1.10 bits per heavy atom. The van der Waals surface area contributed by atoms with Gasteiger partial charge < -0.3 is 20.0 Å². The summed E-state index contributed by atoms with van der Waals surface area (Å²) in [6.45, 7) is 6.38. The van der Waals surface area contributed by atoms with E-state index >= 15 is 0 Å². The Kier molecular flexibility index (Phi) is 5.91. The van der Waals surface area contributed by atoms with E-state index in [0.29, 0.717) is 23.5 Å². The average molecular weight is 404 g/mol. The highest BCUT2D eigenvalue weighted by Crippen LogP contribution is 2.27. The van der Waals surface area contributed by atoms with Crippen LogP contribution in [0.5, 0.6) is 0 Å². The predicted octanol–water partition coefficient (Wildman–Crippen LogP) is 5.12. The summed E-state index contributed by atoms with van der Waals surface area (Å²) in [5.41, 5.74) is 4.16. The van der Waals surface area contributed by atoms with Crippen LogP contribution in [0.2, 0.25) is 0 Å². The van der Waals surface area contributed by atoms with Crippen molar-refractivity contribution in [1.82, 2.24) is 5.32 Å². The highest BCUT2D eigenvalue weighted by Gasteiger charge is 2.21. The number of nitrogens with one attached hydrogen (secondary N) is 2. The molecule has 1 unspecified atom stereocenters. The molecule has 5 heteroatoms. The van der Waals surface area contributed by atoms with E-state index in [9.17, 15) is 4.79 Å². The first-order valence-corrected chi connectivity index (χ1v) is 10.6. The van der Waals surface area contributed by atoms with Crippen molar-refractivity contribution in [3.05, 3.63) is 72.0 Å². The van der Waals surface area contributed by atoms with Crippen molar-refractivity contribution >= 4 is 17.3 Å². The van der Waals surface area contributed by atoms with Crippen LogP contribution in [0.15, 0.2) is 65.1 Å². The van der Waals surface area contributed by atoms with Crippen LogP contribution in [0, 0.1) is 0 Å². The molecule has 156 valence electrons. The number of hydrogen-bond acceptors (Lipinski definition) is 4. The Labute approximate surface area is 178 Å². The Hall–Kier alpha value is -3.05. The van der Waals surface area contributed by atoms with Crippen LogP contribution in [-0.4, -0.2) is 32.1 Å². The summed E-state index contributed by atoms with van der Waals surface area (Å²) in [6, 6.07) is 20.3. The van der Waals surface area contributed by atoms with Crippen molar-refractivity contribution in [3.63, 3.8) is 0 Å². The van der Waals surface area contributed by atoms with Gasteiger partial charge in [0, 0.05) is 36.1 Å². The number of amides is 1. The first-order chi connectivity index (χ1) is 14.5. The molecule has 4 rings (SSSR count). The Morgan fingerprint density at radius 2 is 1.90 bits per heavy atom. The third-order valence-corrected chi connectivity index (χ3v) is 5.75. The lowest BCUT2D eigenvalue weighted by Crippen LogP contribution is -2.29. The molecule has 1 fully saturated rings. The van der Waals surface area contributed by atoms with Gasteiger partial charge in [0.05, 0.1) is 0 Å². The van der Waals surface area contributed by atoms with E-state index in [4.69, 9.17) is 4.42 Å². The molecule has 1 aliphatic heterocycles. The monoisotopic (exact) mass is 403 g/mol. The quantitative estimate of drug-likeness (QED) is 0.600. The zero-order chi connectivity index (χ0) is 21.1. The van der Waals surface area contributed by atoms with Gasteiger partial charge in [-0.25, -0.2) is 0 Å². The smallest absolute Gasteiger partial charge is 0.291 e. The lowest BCUT2D eigenvalue weighted by molar-refractivity contribution is 0.0997. The van der Waals surface area contributed by atoms with Gasteiger partial charge in [-0.2, -0.15) is 0 Å². The highest BCUT2D eigenvalue weighted by molar-refractivity contribution is 6.02. The van der Waals surface area contributed by atoms with Gasteiger partial charge in [-0.05, 0) is 67.4 Å². The third-order valence-electron chi connectivity index (χ3n) is 5.75. The molecule has 1 atom stereocenters. The number of benzene rings is 2. The lowest BCUT2D eigenvalue weighted by Gasteiger charge is -2.19. The molecular weight excluding hydrogens is 374 g/mol. The van der Waals surface area contributed by atoms with Crippen LogP contribution < -0.4 is 15.5 Å². The van der Waals surface area contributed by atoms with Crippen molar-refractivity contribution in [2.24, 2.45) is 0 Å². The van der Waals surface area contributed by atoms with E-state index in [-0.39, 0.29) is 5.91 Å². The SMILES string of the molecule is CNC1CCN(c2ccc(NC(=O)c3ccc(-c4cccc(C(C)C)c4)o3)cc2)C1. The molecule has 0 aliphatic carbocycles. The van der Waals surface area contributed by atoms with Gasteiger partial charge in [0.25, 0.3) is 5.91 Å². The van der Waals surface area contributed by atoms with Gasteiger partial charge >= 0.3 is 0 Å². The average Bonchev–Trinajstić information content (AvgIpc) is 3.44. The molecule has 2 aromatic carbocycles. The summed E-state index contributed by atoms with van der Waals surface area (Å²) in [7, 11) is 2.01. The highest BCUT2D eigenvalue weighted by atomic mass is 16.3. The van der Waals surface area contributed by atoms with E-state index in [0.717, 1.165) is 30.8 Å². The maximum absolute atomic E-state index is 12.6. The number of furan rings is 1. The van der Waals surface area contributed by atoms with E-state index in [1.807, 2.05) is 37.4 Å². The number of rotatable bonds is 6. The summed E-state index contributed by atoms with van der Waals surface area (Å²) < 4.78 is 5.84. The third kappa shape index (κ3) is 4.41. The Balaban J connectivity index is 1.42. The fourth-order valence-corrected chi connectivity index (χ4v) is 3.84. The van der Waals surface area contributed by atoms with E-state index < -0.39 is 0 Å². The second-order valence-electron chi connectivity index (χ2n) is 8.17. The van der Waals surface area contributed by atoms with Crippen molar-refractivity contribution in [1.29, 1.82) is 0 Å². The Bertz CT molecular complexity index is 1010. The fraction of sp³-hybridized carbons (Fsp3) is 0.320. The van der Waals surface area contributed by atoms with Crippen molar-refractivity contribution in [2.45, 2.75) is 32.2 Å². The zero-order valence-electron chi connectivity index (χ0n) is 17.8. The van der Waals surface area contributed by atoms with Gasteiger partial charge in [0.1, 0.15) is 5.76 Å². The number of likely N-dealkylation sites (N-methyl/N-ethyl adjacent to an activating group) is 1. The summed E-state index contributed by atoms with van der Waals surface area (Å²) in [4.78, 5) is 15.0. The zero-order valence-corrected chi connectivity index (χ0v) is 17.8. The molecule has 0 radical (unpaired) electrons. The van der Waals surface area contributed by atoms with Crippen LogP contribution in [0.3, 0.4) is 0 Å². The number of carbonyl (C=O) groups excluding carboxylic acids is 1. The van der Waals surface area contributed by atoms with Crippen LogP contribution in [-0.2, 0) is 0 Å². The largest absolute Gasteiger partial charge is 0.451 e. The molecule has 1 saturated heterocycles. The molecule has 3 aromatic rings. The minimum Gasteiger partial charge on any atom is -0.451 e. The molecule has 2 N–H and O–H groups in total. The molecule has 1 amide bonds. The number of hydrogen-bond donors (Lipinski definition) is 2. The molecule has 30 heavy (non-hydrogen) atoms. The molecular formula is C25H29N3O2. The Morgan fingerprint density at radius 3 is 2.60 bits per heavy atom. The normalized spacial score (nSPS) is 16.3. The second kappa shape index (κ2) is 8.76. The first-order valence-electron chi connectivity index (χ1n) is 10.6. The predicted molar refractivity (Wildman–Crippen MR) is 122 cm³/mol. The lowest BCUT2D eigenvalue weighted by atomic mass is 10.0. The van der Waals surface area contributed by atoms with Crippen molar-refractivity contribution in [3.8, 4) is 11.3 Å². The fourth-order valence-electron chi connectivity index (χ4n) is 3.84. The maximum Gasteiger partial charge on any atom is 0.291 e. The van der Waals surface area contributed by atoms with Crippen LogP contribution in [0.1, 0.15) is 42.3 Å².